The number of rotatable bonds is 3. The fourth-order valence-electron chi connectivity index (χ4n) is 2.75. The van der Waals surface area contributed by atoms with Crippen LogP contribution < -0.4 is 10.6 Å². The van der Waals surface area contributed by atoms with Gasteiger partial charge in [0.1, 0.15) is 0 Å². The third-order valence-corrected chi connectivity index (χ3v) is 3.99. The van der Waals surface area contributed by atoms with Gasteiger partial charge >= 0.3 is 12.0 Å². The molecular formula is C19H14N2O6. The molecule has 0 fully saturated rings. The van der Waals surface area contributed by atoms with Crippen molar-refractivity contribution >= 4 is 29.5 Å². The standard InChI is InChI=1S/C19H14N2O6/c1-20-19(26)21-14(22)9-27-18(25)13-8-4-7-12-15(13)17(24)11-6-3-2-5-10(11)16(12)23/h2-8H,9H2,1H3,(H2,20,21,22,26). The van der Waals surface area contributed by atoms with E-state index in [0.717, 1.165) is 0 Å². The summed E-state index contributed by atoms with van der Waals surface area (Å²) in [5.74, 6) is -2.62. The van der Waals surface area contributed by atoms with Gasteiger partial charge in [-0.3, -0.25) is 19.7 Å². The molecule has 0 heterocycles. The summed E-state index contributed by atoms with van der Waals surface area (Å²) in [7, 11) is 1.32. The van der Waals surface area contributed by atoms with Crippen LogP contribution in [0.5, 0.6) is 0 Å². The van der Waals surface area contributed by atoms with Gasteiger partial charge in [0.15, 0.2) is 18.2 Å². The van der Waals surface area contributed by atoms with E-state index in [-0.39, 0.29) is 33.6 Å². The average Bonchev–Trinajstić information content (AvgIpc) is 2.69. The molecule has 2 aromatic carbocycles. The molecule has 1 aliphatic rings. The maximum absolute atomic E-state index is 12.8. The van der Waals surface area contributed by atoms with Crippen molar-refractivity contribution < 1.29 is 28.7 Å². The third-order valence-electron chi connectivity index (χ3n) is 3.99. The first-order valence-corrected chi connectivity index (χ1v) is 7.94. The quantitative estimate of drug-likeness (QED) is 0.670. The highest BCUT2D eigenvalue weighted by molar-refractivity contribution is 6.30. The summed E-state index contributed by atoms with van der Waals surface area (Å²) >= 11 is 0. The largest absolute Gasteiger partial charge is 0.452 e. The molecule has 2 aromatic rings. The van der Waals surface area contributed by atoms with E-state index in [9.17, 15) is 24.0 Å². The number of carbonyl (C=O) groups excluding carboxylic acids is 5. The number of ketones is 2. The maximum Gasteiger partial charge on any atom is 0.339 e. The minimum atomic E-state index is -0.945. The molecule has 8 heteroatoms. The molecule has 3 rings (SSSR count). The van der Waals surface area contributed by atoms with E-state index in [2.05, 4.69) is 5.32 Å². The molecule has 0 atom stereocenters. The lowest BCUT2D eigenvalue weighted by atomic mass is 9.82. The van der Waals surface area contributed by atoms with E-state index in [1.165, 1.54) is 31.3 Å². The summed E-state index contributed by atoms with van der Waals surface area (Å²) < 4.78 is 4.88. The van der Waals surface area contributed by atoms with E-state index in [0.29, 0.717) is 0 Å². The number of hydrogen-bond acceptors (Lipinski definition) is 6. The normalized spacial score (nSPS) is 11.9. The van der Waals surface area contributed by atoms with Gasteiger partial charge in [-0.25, -0.2) is 9.59 Å². The molecule has 8 nitrogen and oxygen atoms in total. The van der Waals surface area contributed by atoms with Gasteiger partial charge in [0.2, 0.25) is 0 Å². The van der Waals surface area contributed by atoms with Crippen LogP contribution in [0, 0.1) is 0 Å². The zero-order chi connectivity index (χ0) is 19.6. The summed E-state index contributed by atoms with van der Waals surface area (Å²) in [6.07, 6.45) is 0. The fraction of sp³-hybridized carbons (Fsp3) is 0.105. The maximum atomic E-state index is 12.8. The van der Waals surface area contributed by atoms with Crippen molar-refractivity contribution in [3.05, 3.63) is 70.3 Å². The van der Waals surface area contributed by atoms with Gasteiger partial charge in [0.05, 0.1) is 5.56 Å². The minimum absolute atomic E-state index is 0.0575. The Morgan fingerprint density at radius 2 is 1.52 bits per heavy atom. The molecular weight excluding hydrogens is 352 g/mol. The topological polar surface area (TPSA) is 119 Å². The van der Waals surface area contributed by atoms with Gasteiger partial charge in [-0.15, -0.1) is 0 Å². The molecule has 27 heavy (non-hydrogen) atoms. The van der Waals surface area contributed by atoms with Crippen molar-refractivity contribution in [2.75, 3.05) is 13.7 Å². The molecule has 0 saturated carbocycles. The predicted molar refractivity (Wildman–Crippen MR) is 92.6 cm³/mol. The second-order valence-corrected chi connectivity index (χ2v) is 5.64. The van der Waals surface area contributed by atoms with Gasteiger partial charge in [-0.1, -0.05) is 36.4 Å². The smallest absolute Gasteiger partial charge is 0.339 e. The Morgan fingerprint density at radius 1 is 0.889 bits per heavy atom. The Balaban J connectivity index is 1.88. The number of nitrogens with one attached hydrogen (secondary N) is 2. The first-order valence-electron chi connectivity index (χ1n) is 7.94. The van der Waals surface area contributed by atoms with Crippen LogP contribution in [0.15, 0.2) is 42.5 Å². The second kappa shape index (κ2) is 7.20. The fourth-order valence-corrected chi connectivity index (χ4v) is 2.75. The van der Waals surface area contributed by atoms with Gasteiger partial charge in [0, 0.05) is 29.3 Å². The molecule has 1 aliphatic carbocycles. The number of amides is 3. The Kier molecular flexibility index (Phi) is 4.80. The van der Waals surface area contributed by atoms with Gasteiger partial charge in [0.25, 0.3) is 5.91 Å². The van der Waals surface area contributed by atoms with Crippen LogP contribution in [0.25, 0.3) is 0 Å². The molecule has 0 aliphatic heterocycles. The molecule has 2 N–H and O–H groups in total. The SMILES string of the molecule is CNC(=O)NC(=O)COC(=O)c1cccc2c1C(=O)c1ccccc1C2=O. The van der Waals surface area contributed by atoms with Crippen molar-refractivity contribution in [2.24, 2.45) is 0 Å². The Hall–Kier alpha value is -3.81. The van der Waals surface area contributed by atoms with Crippen LogP contribution in [-0.4, -0.2) is 43.1 Å². The number of benzene rings is 2. The van der Waals surface area contributed by atoms with Crippen LogP contribution in [0.3, 0.4) is 0 Å². The van der Waals surface area contributed by atoms with Crippen LogP contribution >= 0.6 is 0 Å². The molecule has 0 unspecified atom stereocenters. The summed E-state index contributed by atoms with van der Waals surface area (Å²) in [5.41, 5.74) is 0.395. The Morgan fingerprint density at radius 3 is 2.19 bits per heavy atom. The van der Waals surface area contributed by atoms with Crippen molar-refractivity contribution in [1.29, 1.82) is 0 Å². The number of imide groups is 1. The van der Waals surface area contributed by atoms with E-state index in [1.807, 2.05) is 5.32 Å². The van der Waals surface area contributed by atoms with Gasteiger partial charge < -0.3 is 10.1 Å². The molecule has 3 amide bonds. The summed E-state index contributed by atoms with van der Waals surface area (Å²) in [5, 5.41) is 4.12. The highest BCUT2D eigenvalue weighted by Gasteiger charge is 2.33. The van der Waals surface area contributed by atoms with Crippen molar-refractivity contribution in [1.82, 2.24) is 10.6 Å². The van der Waals surface area contributed by atoms with Crippen molar-refractivity contribution in [2.45, 2.75) is 0 Å². The van der Waals surface area contributed by atoms with Gasteiger partial charge in [-0.2, -0.15) is 0 Å². The van der Waals surface area contributed by atoms with Crippen molar-refractivity contribution in [3.8, 4) is 0 Å². The highest BCUT2D eigenvalue weighted by atomic mass is 16.5. The molecule has 0 bridgehead atoms. The number of carbonyl (C=O) groups is 5. The van der Waals surface area contributed by atoms with Gasteiger partial charge in [-0.05, 0) is 6.07 Å². The zero-order valence-electron chi connectivity index (χ0n) is 14.2. The average molecular weight is 366 g/mol. The number of fused-ring (bicyclic) bond motifs is 2. The lowest BCUT2D eigenvalue weighted by molar-refractivity contribution is -0.123. The number of urea groups is 1. The minimum Gasteiger partial charge on any atom is -0.452 e. The first-order chi connectivity index (χ1) is 12.9. The molecule has 0 saturated heterocycles. The van der Waals surface area contributed by atoms with E-state index in [1.54, 1.807) is 18.2 Å². The van der Waals surface area contributed by atoms with Crippen LogP contribution in [0.1, 0.15) is 42.2 Å². The van der Waals surface area contributed by atoms with E-state index >= 15 is 0 Å². The monoisotopic (exact) mass is 366 g/mol. The summed E-state index contributed by atoms with van der Waals surface area (Å²) in [6.45, 7) is -0.714. The summed E-state index contributed by atoms with van der Waals surface area (Å²) in [4.78, 5) is 60.4. The van der Waals surface area contributed by atoms with E-state index in [4.69, 9.17) is 4.74 Å². The Bertz CT molecular complexity index is 995. The number of hydrogen-bond donors (Lipinski definition) is 2. The predicted octanol–water partition coefficient (Wildman–Crippen LogP) is 1.07. The van der Waals surface area contributed by atoms with Crippen LogP contribution in [0.2, 0.25) is 0 Å². The number of ether oxygens (including phenoxy) is 1. The Labute approximate surface area is 153 Å². The second-order valence-electron chi connectivity index (χ2n) is 5.64. The lowest BCUT2D eigenvalue weighted by Gasteiger charge is -2.19. The third kappa shape index (κ3) is 3.32. The molecule has 0 radical (unpaired) electrons. The van der Waals surface area contributed by atoms with Crippen molar-refractivity contribution in [3.63, 3.8) is 0 Å². The first kappa shape index (κ1) is 18.0. The summed E-state index contributed by atoms with van der Waals surface area (Å²) in [6, 6.07) is 9.85. The van der Waals surface area contributed by atoms with E-state index < -0.39 is 30.3 Å². The zero-order valence-corrected chi connectivity index (χ0v) is 14.2. The number of esters is 1. The lowest BCUT2D eigenvalue weighted by Crippen LogP contribution is -2.39. The molecule has 0 spiro atoms. The van der Waals surface area contributed by atoms with Crippen LogP contribution in [-0.2, 0) is 9.53 Å². The van der Waals surface area contributed by atoms with Crippen LogP contribution in [0.4, 0.5) is 4.79 Å². The molecule has 136 valence electrons. The highest BCUT2D eigenvalue weighted by Crippen LogP contribution is 2.29. The molecule has 0 aromatic heterocycles.